The lowest BCUT2D eigenvalue weighted by atomic mass is 10.1. The number of anilines is 1. The molecule has 0 radical (unpaired) electrons. The van der Waals surface area contributed by atoms with E-state index in [1.165, 1.54) is 0 Å². The van der Waals surface area contributed by atoms with Crippen molar-refractivity contribution in [3.05, 3.63) is 36.0 Å². The number of amides is 1. The van der Waals surface area contributed by atoms with Crippen LogP contribution in [0, 0.1) is 18.3 Å². The van der Waals surface area contributed by atoms with Crippen molar-refractivity contribution in [2.75, 3.05) is 18.0 Å². The summed E-state index contributed by atoms with van der Waals surface area (Å²) < 4.78 is 0. The summed E-state index contributed by atoms with van der Waals surface area (Å²) in [5.41, 5.74) is 7.33. The maximum absolute atomic E-state index is 11.2. The molecule has 0 unspecified atom stereocenters. The predicted octanol–water partition coefficient (Wildman–Crippen LogP) is 2.10. The van der Waals surface area contributed by atoms with E-state index in [2.05, 4.69) is 15.8 Å². The van der Waals surface area contributed by atoms with E-state index < -0.39 is 0 Å². The van der Waals surface area contributed by atoms with E-state index in [0.717, 1.165) is 34.1 Å². The van der Waals surface area contributed by atoms with Gasteiger partial charge in [0.1, 0.15) is 0 Å². The average Bonchev–Trinajstić information content (AvgIpc) is 3.16. The largest absolute Gasteiger partial charge is 0.369 e. The number of benzene rings is 1. The maximum atomic E-state index is 11.2. The molecule has 21 heavy (non-hydrogen) atoms. The number of aromatic nitrogens is 1. The smallest absolute Gasteiger partial charge is 0.222 e. The Morgan fingerprint density at radius 2 is 2.19 bits per heavy atom. The second-order valence-corrected chi connectivity index (χ2v) is 6.07. The molecule has 2 N–H and O–H groups in total. The summed E-state index contributed by atoms with van der Waals surface area (Å²) >= 11 is 1.62. The Morgan fingerprint density at radius 1 is 1.43 bits per heavy atom. The van der Waals surface area contributed by atoms with E-state index in [1.807, 2.05) is 30.5 Å². The van der Waals surface area contributed by atoms with Gasteiger partial charge in [0.05, 0.1) is 10.8 Å². The van der Waals surface area contributed by atoms with Crippen LogP contribution in [0.5, 0.6) is 0 Å². The van der Waals surface area contributed by atoms with Crippen molar-refractivity contribution >= 4 is 22.4 Å². The Bertz CT molecular complexity index is 699. The molecule has 1 fully saturated rings. The highest BCUT2D eigenvalue weighted by atomic mass is 32.1. The first-order chi connectivity index (χ1) is 10.2. The summed E-state index contributed by atoms with van der Waals surface area (Å²) in [6.07, 6.45) is 8.03. The number of thiazole rings is 1. The molecule has 3 rings (SSSR count). The molecule has 2 aromatic rings. The van der Waals surface area contributed by atoms with Crippen molar-refractivity contribution in [3.63, 3.8) is 0 Å². The molecule has 2 heterocycles. The van der Waals surface area contributed by atoms with Gasteiger partial charge in [0, 0.05) is 24.8 Å². The first kappa shape index (κ1) is 13.7. The first-order valence-corrected chi connectivity index (χ1v) is 7.56. The zero-order chi connectivity index (χ0) is 14.8. The average molecular weight is 297 g/mol. The van der Waals surface area contributed by atoms with Crippen molar-refractivity contribution in [2.24, 2.45) is 11.7 Å². The van der Waals surface area contributed by atoms with Gasteiger partial charge in [0.15, 0.2) is 5.13 Å². The van der Waals surface area contributed by atoms with E-state index in [9.17, 15) is 4.79 Å². The SMILES string of the molecule is C#Cc1ccc(-c2cnc(N3CC[C@H](C(N)=O)C3)s2)cc1. The molecule has 1 aliphatic rings. The topological polar surface area (TPSA) is 59.2 Å². The highest BCUT2D eigenvalue weighted by Gasteiger charge is 2.28. The molecule has 1 aromatic carbocycles. The van der Waals surface area contributed by atoms with Crippen LogP contribution in [0.3, 0.4) is 0 Å². The molecular weight excluding hydrogens is 282 g/mol. The molecular formula is C16H15N3OS. The molecule has 1 amide bonds. The summed E-state index contributed by atoms with van der Waals surface area (Å²) in [5.74, 6) is 2.32. The molecule has 5 heteroatoms. The van der Waals surface area contributed by atoms with Crippen LogP contribution < -0.4 is 10.6 Å². The standard InChI is InChI=1S/C16H15N3OS/c1-2-11-3-5-12(6-4-11)14-9-18-16(21-14)19-8-7-13(10-19)15(17)20/h1,3-6,9,13H,7-8,10H2,(H2,17,20)/t13-/m0/s1. The third-order valence-electron chi connectivity index (χ3n) is 3.69. The fraction of sp³-hybridized carbons (Fsp3) is 0.250. The molecule has 106 valence electrons. The Hall–Kier alpha value is -2.32. The molecule has 4 nitrogen and oxygen atoms in total. The van der Waals surface area contributed by atoms with E-state index in [1.54, 1.807) is 11.3 Å². The van der Waals surface area contributed by atoms with Gasteiger partial charge >= 0.3 is 0 Å². The second-order valence-electron chi connectivity index (χ2n) is 5.06. The Morgan fingerprint density at radius 3 is 2.81 bits per heavy atom. The van der Waals surface area contributed by atoms with Crippen molar-refractivity contribution < 1.29 is 4.79 Å². The van der Waals surface area contributed by atoms with Gasteiger partial charge in [-0.25, -0.2) is 4.98 Å². The summed E-state index contributed by atoms with van der Waals surface area (Å²) in [4.78, 5) is 18.9. The van der Waals surface area contributed by atoms with E-state index in [0.29, 0.717) is 6.54 Å². The number of nitrogens with zero attached hydrogens (tertiary/aromatic N) is 2. The molecule has 1 aliphatic heterocycles. The van der Waals surface area contributed by atoms with E-state index >= 15 is 0 Å². The molecule has 1 atom stereocenters. The van der Waals surface area contributed by atoms with Crippen LogP contribution >= 0.6 is 11.3 Å². The van der Waals surface area contributed by atoms with Gasteiger partial charge in [0.2, 0.25) is 5.91 Å². The van der Waals surface area contributed by atoms with E-state index in [-0.39, 0.29) is 11.8 Å². The predicted molar refractivity (Wildman–Crippen MR) is 85.0 cm³/mol. The van der Waals surface area contributed by atoms with Crippen molar-refractivity contribution in [3.8, 4) is 22.8 Å². The first-order valence-electron chi connectivity index (χ1n) is 6.74. The summed E-state index contributed by atoms with van der Waals surface area (Å²) in [5, 5.41) is 0.940. The van der Waals surface area contributed by atoms with Gasteiger partial charge in [-0.05, 0) is 24.1 Å². The monoisotopic (exact) mass is 297 g/mol. The second kappa shape index (κ2) is 5.58. The lowest BCUT2D eigenvalue weighted by molar-refractivity contribution is -0.121. The van der Waals surface area contributed by atoms with Gasteiger partial charge in [-0.2, -0.15) is 0 Å². The highest BCUT2D eigenvalue weighted by Crippen LogP contribution is 2.33. The van der Waals surface area contributed by atoms with Crippen LogP contribution in [0.15, 0.2) is 30.5 Å². The number of hydrogen-bond donors (Lipinski definition) is 1. The lowest BCUT2D eigenvalue weighted by Gasteiger charge is -2.13. The fourth-order valence-electron chi connectivity index (χ4n) is 2.44. The fourth-order valence-corrected chi connectivity index (χ4v) is 3.40. The van der Waals surface area contributed by atoms with Crippen molar-refractivity contribution in [1.29, 1.82) is 0 Å². The number of terminal acetylenes is 1. The summed E-state index contributed by atoms with van der Waals surface area (Å²) in [7, 11) is 0. The number of carbonyl (C=O) groups excluding carboxylic acids is 1. The molecule has 1 aromatic heterocycles. The zero-order valence-corrected chi connectivity index (χ0v) is 12.3. The molecule has 0 bridgehead atoms. The van der Waals surface area contributed by atoms with Gasteiger partial charge in [-0.1, -0.05) is 29.4 Å². The third kappa shape index (κ3) is 2.76. The van der Waals surface area contributed by atoms with Crippen LogP contribution in [0.4, 0.5) is 5.13 Å². The van der Waals surface area contributed by atoms with Crippen LogP contribution in [-0.4, -0.2) is 24.0 Å². The minimum Gasteiger partial charge on any atom is -0.369 e. The zero-order valence-electron chi connectivity index (χ0n) is 11.5. The number of hydrogen-bond acceptors (Lipinski definition) is 4. The number of primary amides is 1. The molecule has 0 saturated carbocycles. The Labute approximate surface area is 127 Å². The summed E-state index contributed by atoms with van der Waals surface area (Å²) in [6.45, 7) is 1.49. The van der Waals surface area contributed by atoms with Gasteiger partial charge in [0.25, 0.3) is 0 Å². The molecule has 0 spiro atoms. The normalized spacial score (nSPS) is 17.7. The highest BCUT2D eigenvalue weighted by molar-refractivity contribution is 7.18. The lowest BCUT2D eigenvalue weighted by Crippen LogP contribution is -2.27. The Balaban J connectivity index is 1.77. The Kier molecular flexibility index (Phi) is 3.63. The molecule has 1 saturated heterocycles. The van der Waals surface area contributed by atoms with Gasteiger partial charge < -0.3 is 10.6 Å². The quantitative estimate of drug-likeness (QED) is 0.883. The van der Waals surface area contributed by atoms with Gasteiger partial charge in [-0.3, -0.25) is 4.79 Å². The summed E-state index contributed by atoms with van der Waals surface area (Å²) in [6, 6.07) is 7.85. The number of rotatable bonds is 3. The van der Waals surface area contributed by atoms with Gasteiger partial charge in [-0.15, -0.1) is 6.42 Å². The number of nitrogens with two attached hydrogens (primary N) is 1. The van der Waals surface area contributed by atoms with Crippen LogP contribution in [0.25, 0.3) is 10.4 Å². The minimum atomic E-state index is -0.223. The van der Waals surface area contributed by atoms with Crippen LogP contribution in [0.1, 0.15) is 12.0 Å². The maximum Gasteiger partial charge on any atom is 0.222 e. The molecule has 0 aliphatic carbocycles. The minimum absolute atomic E-state index is 0.0627. The van der Waals surface area contributed by atoms with Crippen LogP contribution in [0.2, 0.25) is 0 Å². The van der Waals surface area contributed by atoms with E-state index in [4.69, 9.17) is 12.2 Å². The van der Waals surface area contributed by atoms with Crippen molar-refractivity contribution in [1.82, 2.24) is 4.98 Å². The number of carbonyl (C=O) groups is 1. The van der Waals surface area contributed by atoms with Crippen molar-refractivity contribution in [2.45, 2.75) is 6.42 Å². The van der Waals surface area contributed by atoms with Crippen LogP contribution in [-0.2, 0) is 4.79 Å². The third-order valence-corrected chi connectivity index (χ3v) is 4.80.